The Morgan fingerprint density at radius 3 is 2.33 bits per heavy atom. The van der Waals surface area contributed by atoms with Gasteiger partial charge in [-0.25, -0.2) is 4.99 Å². The smallest absolute Gasteiger partial charge is 0.285 e. The highest BCUT2D eigenvalue weighted by Crippen LogP contribution is 2.10. The van der Waals surface area contributed by atoms with Crippen LogP contribution in [0.2, 0.25) is 5.02 Å². The maximum atomic E-state index is 5.84. The SMILES string of the molecule is CC(C)N=C(NC(C)C)OCc1ccc(Cl)cc1. The summed E-state index contributed by atoms with van der Waals surface area (Å²) >= 11 is 5.84. The van der Waals surface area contributed by atoms with Crippen molar-refractivity contribution >= 4 is 17.6 Å². The quantitative estimate of drug-likeness (QED) is 0.668. The lowest BCUT2D eigenvalue weighted by Gasteiger charge is -2.15. The van der Waals surface area contributed by atoms with Crippen LogP contribution < -0.4 is 5.32 Å². The van der Waals surface area contributed by atoms with Gasteiger partial charge in [0.05, 0.1) is 0 Å². The molecule has 1 rings (SSSR count). The second kappa shape index (κ2) is 7.27. The van der Waals surface area contributed by atoms with Gasteiger partial charge in [-0.3, -0.25) is 0 Å². The predicted octanol–water partition coefficient (Wildman–Crippen LogP) is 3.62. The minimum atomic E-state index is 0.205. The van der Waals surface area contributed by atoms with Crippen LogP contribution in [0.3, 0.4) is 0 Å². The molecule has 1 aromatic rings. The predicted molar refractivity (Wildman–Crippen MR) is 77.1 cm³/mol. The second-order valence-corrected chi connectivity index (χ2v) is 5.18. The standard InChI is InChI=1S/C14H21ClN2O/c1-10(2)16-14(17-11(3)4)18-9-12-5-7-13(15)8-6-12/h5-8,10-11H,9H2,1-4H3,(H,16,17). The summed E-state index contributed by atoms with van der Waals surface area (Å²) in [6.45, 7) is 8.65. The van der Waals surface area contributed by atoms with Gasteiger partial charge >= 0.3 is 0 Å². The van der Waals surface area contributed by atoms with Gasteiger partial charge in [-0.2, -0.15) is 0 Å². The molecule has 0 saturated heterocycles. The van der Waals surface area contributed by atoms with Crippen LogP contribution in [0.15, 0.2) is 29.3 Å². The minimum absolute atomic E-state index is 0.205. The van der Waals surface area contributed by atoms with Gasteiger partial charge in [-0.05, 0) is 45.4 Å². The van der Waals surface area contributed by atoms with Crippen molar-refractivity contribution in [2.45, 2.75) is 46.4 Å². The molecule has 0 spiro atoms. The molecule has 3 nitrogen and oxygen atoms in total. The molecular weight excluding hydrogens is 248 g/mol. The average molecular weight is 269 g/mol. The molecule has 0 aliphatic heterocycles. The number of hydrogen-bond donors (Lipinski definition) is 1. The van der Waals surface area contributed by atoms with Crippen LogP contribution in [0.4, 0.5) is 0 Å². The Morgan fingerprint density at radius 2 is 1.83 bits per heavy atom. The molecule has 0 atom stereocenters. The van der Waals surface area contributed by atoms with Crippen molar-refractivity contribution < 1.29 is 4.74 Å². The summed E-state index contributed by atoms with van der Waals surface area (Å²) in [5.74, 6) is 0. The van der Waals surface area contributed by atoms with Crippen LogP contribution in [0.25, 0.3) is 0 Å². The Labute approximate surface area is 114 Å². The summed E-state index contributed by atoms with van der Waals surface area (Å²) in [6, 6.07) is 8.71. The van der Waals surface area contributed by atoms with Crippen molar-refractivity contribution in [1.29, 1.82) is 0 Å². The average Bonchev–Trinajstić information content (AvgIpc) is 2.26. The van der Waals surface area contributed by atoms with Crippen molar-refractivity contribution in [3.63, 3.8) is 0 Å². The third-order valence-corrected chi connectivity index (χ3v) is 2.33. The number of rotatable bonds is 4. The molecule has 0 saturated carbocycles. The van der Waals surface area contributed by atoms with Gasteiger partial charge in [0.2, 0.25) is 0 Å². The lowest BCUT2D eigenvalue weighted by Crippen LogP contribution is -2.33. The first-order valence-electron chi connectivity index (χ1n) is 6.19. The van der Waals surface area contributed by atoms with E-state index < -0.39 is 0 Å². The van der Waals surface area contributed by atoms with Crippen molar-refractivity contribution in [3.8, 4) is 0 Å². The van der Waals surface area contributed by atoms with Crippen LogP contribution in [-0.4, -0.2) is 18.1 Å². The van der Waals surface area contributed by atoms with E-state index in [1.807, 2.05) is 38.1 Å². The van der Waals surface area contributed by atoms with E-state index >= 15 is 0 Å². The monoisotopic (exact) mass is 268 g/mol. The number of amidine groups is 1. The summed E-state index contributed by atoms with van der Waals surface area (Å²) in [5, 5.41) is 3.93. The molecule has 100 valence electrons. The maximum Gasteiger partial charge on any atom is 0.285 e. The molecule has 18 heavy (non-hydrogen) atoms. The molecule has 0 bridgehead atoms. The Morgan fingerprint density at radius 1 is 1.22 bits per heavy atom. The summed E-state index contributed by atoms with van der Waals surface area (Å²) < 4.78 is 5.69. The summed E-state index contributed by atoms with van der Waals surface area (Å²) in [4.78, 5) is 4.41. The van der Waals surface area contributed by atoms with E-state index in [0.717, 1.165) is 10.6 Å². The summed E-state index contributed by atoms with van der Waals surface area (Å²) in [6.07, 6.45) is 0. The van der Waals surface area contributed by atoms with E-state index in [1.165, 1.54) is 0 Å². The Hall–Kier alpha value is -1.22. The van der Waals surface area contributed by atoms with Crippen molar-refractivity contribution in [2.24, 2.45) is 4.99 Å². The van der Waals surface area contributed by atoms with Crippen LogP contribution in [0.1, 0.15) is 33.3 Å². The number of halogens is 1. The first-order chi connectivity index (χ1) is 8.47. The summed E-state index contributed by atoms with van der Waals surface area (Å²) in [5.41, 5.74) is 1.07. The third kappa shape index (κ3) is 5.92. The van der Waals surface area contributed by atoms with Crippen molar-refractivity contribution in [1.82, 2.24) is 5.32 Å². The Kier molecular flexibility index (Phi) is 5.99. The van der Waals surface area contributed by atoms with Crippen LogP contribution in [0, 0.1) is 0 Å². The molecule has 1 aromatic carbocycles. The highest BCUT2D eigenvalue weighted by Gasteiger charge is 2.04. The summed E-state index contributed by atoms with van der Waals surface area (Å²) in [7, 11) is 0. The van der Waals surface area contributed by atoms with Crippen molar-refractivity contribution in [3.05, 3.63) is 34.9 Å². The molecule has 0 heterocycles. The molecule has 1 N–H and O–H groups in total. The van der Waals surface area contributed by atoms with Gasteiger partial charge < -0.3 is 10.1 Å². The number of nitrogens with one attached hydrogen (secondary N) is 1. The van der Waals surface area contributed by atoms with E-state index in [-0.39, 0.29) is 6.04 Å². The number of benzene rings is 1. The fourth-order valence-corrected chi connectivity index (χ4v) is 1.46. The largest absolute Gasteiger partial charge is 0.460 e. The highest BCUT2D eigenvalue weighted by molar-refractivity contribution is 6.30. The van der Waals surface area contributed by atoms with Crippen molar-refractivity contribution in [2.75, 3.05) is 0 Å². The molecule has 0 aliphatic rings. The first kappa shape index (κ1) is 14.8. The van der Waals surface area contributed by atoms with Gasteiger partial charge in [-0.1, -0.05) is 23.7 Å². The molecule has 0 amide bonds. The van der Waals surface area contributed by atoms with E-state index in [4.69, 9.17) is 16.3 Å². The molecule has 0 fully saturated rings. The van der Waals surface area contributed by atoms with Crippen LogP contribution in [0.5, 0.6) is 0 Å². The molecule has 0 aliphatic carbocycles. The topological polar surface area (TPSA) is 33.6 Å². The lowest BCUT2D eigenvalue weighted by atomic mass is 10.2. The Balaban J connectivity index is 2.59. The normalized spacial score (nSPS) is 12.1. The molecule has 0 radical (unpaired) electrons. The van der Waals surface area contributed by atoms with E-state index in [0.29, 0.717) is 18.7 Å². The molecule has 0 aromatic heterocycles. The number of hydrogen-bond acceptors (Lipinski definition) is 2. The second-order valence-electron chi connectivity index (χ2n) is 4.74. The zero-order valence-corrected chi connectivity index (χ0v) is 12.2. The minimum Gasteiger partial charge on any atom is -0.460 e. The molecule has 4 heteroatoms. The zero-order chi connectivity index (χ0) is 13.5. The third-order valence-electron chi connectivity index (χ3n) is 2.08. The fourth-order valence-electron chi connectivity index (χ4n) is 1.33. The zero-order valence-electron chi connectivity index (χ0n) is 11.4. The van der Waals surface area contributed by atoms with E-state index in [1.54, 1.807) is 0 Å². The van der Waals surface area contributed by atoms with Gasteiger partial charge in [-0.15, -0.1) is 0 Å². The maximum absolute atomic E-state index is 5.84. The van der Waals surface area contributed by atoms with E-state index in [2.05, 4.69) is 24.2 Å². The van der Waals surface area contributed by atoms with Gasteiger partial charge in [0.25, 0.3) is 6.02 Å². The fraction of sp³-hybridized carbons (Fsp3) is 0.500. The van der Waals surface area contributed by atoms with Crippen LogP contribution >= 0.6 is 11.6 Å². The highest BCUT2D eigenvalue weighted by atomic mass is 35.5. The number of nitrogens with zero attached hydrogens (tertiary/aromatic N) is 1. The van der Waals surface area contributed by atoms with Gasteiger partial charge in [0.1, 0.15) is 6.61 Å². The molecule has 0 unspecified atom stereocenters. The molecular formula is C14H21ClN2O. The lowest BCUT2D eigenvalue weighted by molar-refractivity contribution is 0.271. The van der Waals surface area contributed by atoms with Crippen LogP contribution in [-0.2, 0) is 11.3 Å². The number of aliphatic imine (C=N–C) groups is 1. The van der Waals surface area contributed by atoms with Gasteiger partial charge in [0, 0.05) is 17.1 Å². The Bertz CT molecular complexity index is 385. The van der Waals surface area contributed by atoms with E-state index in [9.17, 15) is 0 Å². The number of ether oxygens (including phenoxy) is 1. The first-order valence-corrected chi connectivity index (χ1v) is 6.56. The van der Waals surface area contributed by atoms with Gasteiger partial charge in [0.15, 0.2) is 0 Å².